The molecule has 0 radical (unpaired) electrons. The molecule has 0 aromatic carbocycles. The van der Waals surface area contributed by atoms with E-state index >= 15 is 0 Å². The average molecular weight is 395 g/mol. The van der Waals surface area contributed by atoms with Crippen molar-refractivity contribution >= 4 is 5.91 Å². The Hall–Kier alpha value is -3.27. The molecule has 1 aliphatic rings. The topological polar surface area (TPSA) is 73.8 Å². The van der Waals surface area contributed by atoms with Gasteiger partial charge in [0.2, 0.25) is 17.6 Å². The van der Waals surface area contributed by atoms with E-state index in [4.69, 9.17) is 20.6 Å². The number of hydrogen-bond donors (Lipinski definition) is 0. The molecule has 3 rings (SSSR count). The standard InChI is InChI=1S/C22H25N3O4/c1-6-16-11-12-23-20(15(16)3)29-17-8-7-14(2)25(13-17)22(26)18-9-10-19(27-4)24-21(18)28-5/h1,9-12,14,17H,7-8,13H2,2-5H3/t14-,17-/m1/s1. The number of piperidine rings is 1. The van der Waals surface area contributed by atoms with Crippen LogP contribution in [0.3, 0.4) is 0 Å². The van der Waals surface area contributed by atoms with E-state index in [1.54, 1.807) is 29.3 Å². The van der Waals surface area contributed by atoms with E-state index in [1.165, 1.54) is 14.2 Å². The first kappa shape index (κ1) is 20.5. The normalized spacial score (nSPS) is 18.7. The van der Waals surface area contributed by atoms with Crippen molar-refractivity contribution in [2.75, 3.05) is 20.8 Å². The molecule has 0 aliphatic carbocycles. The number of pyridine rings is 2. The summed E-state index contributed by atoms with van der Waals surface area (Å²) >= 11 is 0. The Morgan fingerprint density at radius 1 is 1.21 bits per heavy atom. The summed E-state index contributed by atoms with van der Waals surface area (Å²) in [6.07, 6.45) is 8.64. The predicted molar refractivity (Wildman–Crippen MR) is 108 cm³/mol. The van der Waals surface area contributed by atoms with Crippen LogP contribution in [0.4, 0.5) is 0 Å². The minimum atomic E-state index is -0.174. The Morgan fingerprint density at radius 3 is 2.69 bits per heavy atom. The lowest BCUT2D eigenvalue weighted by Gasteiger charge is -2.38. The zero-order valence-electron chi connectivity index (χ0n) is 17.1. The molecule has 152 valence electrons. The molecule has 29 heavy (non-hydrogen) atoms. The Bertz CT molecular complexity index is 938. The molecule has 7 heteroatoms. The molecule has 0 unspecified atom stereocenters. The molecule has 1 amide bonds. The number of likely N-dealkylation sites (tertiary alicyclic amines) is 1. The highest BCUT2D eigenvalue weighted by molar-refractivity contribution is 5.96. The van der Waals surface area contributed by atoms with Crippen molar-refractivity contribution in [3.8, 4) is 30.0 Å². The maximum Gasteiger partial charge on any atom is 0.259 e. The highest BCUT2D eigenvalue weighted by Gasteiger charge is 2.32. The molecule has 2 aromatic heterocycles. The van der Waals surface area contributed by atoms with Crippen LogP contribution in [0.25, 0.3) is 0 Å². The quantitative estimate of drug-likeness (QED) is 0.725. The Labute approximate surface area is 171 Å². The number of methoxy groups -OCH3 is 2. The van der Waals surface area contributed by atoms with Crippen molar-refractivity contribution in [1.82, 2.24) is 14.9 Å². The lowest BCUT2D eigenvalue weighted by atomic mass is 10.00. The molecule has 0 spiro atoms. The van der Waals surface area contributed by atoms with Gasteiger partial charge in [-0.05, 0) is 38.8 Å². The van der Waals surface area contributed by atoms with Gasteiger partial charge in [0.05, 0.1) is 20.8 Å². The molecule has 0 saturated carbocycles. The number of nitrogens with zero attached hydrogens (tertiary/aromatic N) is 3. The molecule has 0 bridgehead atoms. The molecule has 0 N–H and O–H groups in total. The number of aromatic nitrogens is 2. The van der Waals surface area contributed by atoms with Crippen molar-refractivity contribution < 1.29 is 19.0 Å². The van der Waals surface area contributed by atoms with Gasteiger partial charge < -0.3 is 19.1 Å². The smallest absolute Gasteiger partial charge is 0.259 e. The molecule has 7 nitrogen and oxygen atoms in total. The fourth-order valence-corrected chi connectivity index (χ4v) is 3.41. The van der Waals surface area contributed by atoms with E-state index < -0.39 is 0 Å². The molecule has 1 saturated heterocycles. The average Bonchev–Trinajstić information content (AvgIpc) is 2.75. The van der Waals surface area contributed by atoms with Crippen LogP contribution < -0.4 is 14.2 Å². The number of amides is 1. The zero-order chi connectivity index (χ0) is 21.0. The highest BCUT2D eigenvalue weighted by atomic mass is 16.5. The zero-order valence-corrected chi connectivity index (χ0v) is 17.1. The third kappa shape index (κ3) is 4.27. The molecule has 2 atom stereocenters. The van der Waals surface area contributed by atoms with Crippen molar-refractivity contribution in [2.45, 2.75) is 38.8 Å². The second-order valence-corrected chi connectivity index (χ2v) is 6.97. The number of hydrogen-bond acceptors (Lipinski definition) is 6. The van der Waals surface area contributed by atoms with Gasteiger partial charge in [-0.25, -0.2) is 4.98 Å². The summed E-state index contributed by atoms with van der Waals surface area (Å²) in [5, 5.41) is 0. The van der Waals surface area contributed by atoms with Crippen LogP contribution in [0.5, 0.6) is 17.6 Å². The minimum Gasteiger partial charge on any atom is -0.481 e. The summed E-state index contributed by atoms with van der Waals surface area (Å²) in [6, 6.07) is 5.17. The monoisotopic (exact) mass is 395 g/mol. The fourth-order valence-electron chi connectivity index (χ4n) is 3.41. The van der Waals surface area contributed by atoms with Gasteiger partial charge in [-0.1, -0.05) is 5.92 Å². The molecule has 3 heterocycles. The summed E-state index contributed by atoms with van der Waals surface area (Å²) in [4.78, 5) is 23.5. The highest BCUT2D eigenvalue weighted by Crippen LogP contribution is 2.28. The van der Waals surface area contributed by atoms with Gasteiger partial charge in [-0.2, -0.15) is 4.98 Å². The predicted octanol–water partition coefficient (Wildman–Crippen LogP) is 2.86. The number of carbonyl (C=O) groups excluding carboxylic acids is 1. The SMILES string of the molecule is C#Cc1ccnc(O[C@@H]2CC[C@@H](C)N(C(=O)c3ccc(OC)nc3OC)C2)c1C. The maximum atomic E-state index is 13.2. The van der Waals surface area contributed by atoms with Crippen LogP contribution in [-0.2, 0) is 0 Å². The van der Waals surface area contributed by atoms with Crippen molar-refractivity contribution in [3.05, 3.63) is 41.1 Å². The van der Waals surface area contributed by atoms with Crippen LogP contribution in [0.1, 0.15) is 41.3 Å². The van der Waals surface area contributed by atoms with Crippen LogP contribution in [0, 0.1) is 19.3 Å². The minimum absolute atomic E-state index is 0.0697. The van der Waals surface area contributed by atoms with Gasteiger partial charge in [-0.3, -0.25) is 4.79 Å². The van der Waals surface area contributed by atoms with Gasteiger partial charge in [0, 0.05) is 29.4 Å². The maximum absolute atomic E-state index is 13.2. The number of rotatable bonds is 5. The van der Waals surface area contributed by atoms with E-state index in [0.29, 0.717) is 23.9 Å². The summed E-state index contributed by atoms with van der Waals surface area (Å²) in [7, 11) is 3.00. The van der Waals surface area contributed by atoms with Crippen molar-refractivity contribution in [2.24, 2.45) is 0 Å². The fraction of sp³-hybridized carbons (Fsp3) is 0.409. The van der Waals surface area contributed by atoms with Crippen LogP contribution >= 0.6 is 0 Å². The first-order valence-electron chi connectivity index (χ1n) is 9.47. The van der Waals surface area contributed by atoms with Crippen molar-refractivity contribution in [1.29, 1.82) is 0 Å². The van der Waals surface area contributed by atoms with Gasteiger partial charge in [0.15, 0.2) is 0 Å². The first-order valence-corrected chi connectivity index (χ1v) is 9.47. The van der Waals surface area contributed by atoms with Gasteiger partial charge in [0.1, 0.15) is 11.7 Å². The third-order valence-corrected chi connectivity index (χ3v) is 5.16. The molecular formula is C22H25N3O4. The largest absolute Gasteiger partial charge is 0.481 e. The Balaban J connectivity index is 1.80. The summed E-state index contributed by atoms with van der Waals surface area (Å²) in [6.45, 7) is 4.36. The second-order valence-electron chi connectivity index (χ2n) is 6.97. The lowest BCUT2D eigenvalue weighted by Crippen LogP contribution is -2.49. The van der Waals surface area contributed by atoms with Gasteiger partial charge in [-0.15, -0.1) is 6.42 Å². The second kappa shape index (κ2) is 8.82. The first-order chi connectivity index (χ1) is 14.0. The van der Waals surface area contributed by atoms with Gasteiger partial charge >= 0.3 is 0 Å². The van der Waals surface area contributed by atoms with E-state index in [0.717, 1.165) is 24.0 Å². The van der Waals surface area contributed by atoms with Crippen LogP contribution in [0.2, 0.25) is 0 Å². The number of ether oxygens (including phenoxy) is 3. The van der Waals surface area contributed by atoms with Crippen LogP contribution in [-0.4, -0.2) is 53.7 Å². The molecule has 1 aliphatic heterocycles. The van der Waals surface area contributed by atoms with Gasteiger partial charge in [0.25, 0.3) is 5.91 Å². The summed E-state index contributed by atoms with van der Waals surface area (Å²) < 4.78 is 16.5. The van der Waals surface area contributed by atoms with E-state index in [9.17, 15) is 4.79 Å². The molecule has 1 fully saturated rings. The molecular weight excluding hydrogens is 370 g/mol. The lowest BCUT2D eigenvalue weighted by molar-refractivity contribution is 0.0368. The number of terminal acetylenes is 1. The van der Waals surface area contributed by atoms with E-state index in [-0.39, 0.29) is 23.9 Å². The van der Waals surface area contributed by atoms with Crippen molar-refractivity contribution in [3.63, 3.8) is 0 Å². The summed E-state index contributed by atoms with van der Waals surface area (Å²) in [5.41, 5.74) is 1.97. The van der Waals surface area contributed by atoms with E-state index in [1.807, 2.05) is 13.8 Å². The number of carbonyl (C=O) groups is 1. The molecule has 2 aromatic rings. The van der Waals surface area contributed by atoms with E-state index in [2.05, 4.69) is 15.9 Å². The summed E-state index contributed by atoms with van der Waals surface area (Å²) in [5.74, 6) is 3.62. The third-order valence-electron chi connectivity index (χ3n) is 5.16. The van der Waals surface area contributed by atoms with Crippen LogP contribution in [0.15, 0.2) is 24.4 Å². The Morgan fingerprint density at radius 2 is 2.00 bits per heavy atom. The Kier molecular flexibility index (Phi) is 6.23.